The third-order valence-electron chi connectivity index (χ3n) is 6.66. The molecule has 0 N–H and O–H groups in total. The standard InChI is InChI=1S/C18H34/c1-13-7-5-9-17(15(13)3)11-12-18-10-6-8-14(2)16(18)4/h13-18H,5-12H2,1-4H3. The van der Waals surface area contributed by atoms with Gasteiger partial charge in [0, 0.05) is 0 Å². The molecule has 0 radical (unpaired) electrons. The first-order valence-electron chi connectivity index (χ1n) is 8.59. The monoisotopic (exact) mass is 250 g/mol. The highest BCUT2D eigenvalue weighted by molar-refractivity contribution is 4.81. The van der Waals surface area contributed by atoms with Crippen molar-refractivity contribution < 1.29 is 0 Å². The maximum atomic E-state index is 2.52. The summed E-state index contributed by atoms with van der Waals surface area (Å²) in [4.78, 5) is 0. The summed E-state index contributed by atoms with van der Waals surface area (Å²) in [6.45, 7) is 9.98. The zero-order valence-electron chi connectivity index (χ0n) is 13.1. The third-order valence-corrected chi connectivity index (χ3v) is 6.66. The van der Waals surface area contributed by atoms with Crippen LogP contribution in [-0.2, 0) is 0 Å². The Morgan fingerprint density at radius 3 is 1.39 bits per heavy atom. The van der Waals surface area contributed by atoms with Crippen LogP contribution in [0.3, 0.4) is 0 Å². The van der Waals surface area contributed by atoms with E-state index in [0.29, 0.717) is 0 Å². The molecule has 0 nitrogen and oxygen atoms in total. The minimum atomic E-state index is 0.978. The molecule has 2 fully saturated rings. The van der Waals surface area contributed by atoms with Crippen LogP contribution in [0.15, 0.2) is 0 Å². The fraction of sp³-hybridized carbons (Fsp3) is 1.00. The molecular weight excluding hydrogens is 216 g/mol. The maximum Gasteiger partial charge on any atom is -0.0386 e. The average molecular weight is 250 g/mol. The summed E-state index contributed by atoms with van der Waals surface area (Å²) in [6.07, 6.45) is 12.0. The fourth-order valence-electron chi connectivity index (χ4n) is 4.63. The van der Waals surface area contributed by atoms with Crippen molar-refractivity contribution in [2.75, 3.05) is 0 Å². The van der Waals surface area contributed by atoms with Gasteiger partial charge in [0.2, 0.25) is 0 Å². The quantitative estimate of drug-likeness (QED) is 0.584. The van der Waals surface area contributed by atoms with Gasteiger partial charge in [-0.1, -0.05) is 66.2 Å². The Hall–Kier alpha value is 0. The van der Waals surface area contributed by atoms with Crippen LogP contribution in [-0.4, -0.2) is 0 Å². The van der Waals surface area contributed by atoms with E-state index in [1.54, 1.807) is 0 Å². The molecule has 0 heterocycles. The topological polar surface area (TPSA) is 0 Å². The van der Waals surface area contributed by atoms with Crippen LogP contribution in [0.4, 0.5) is 0 Å². The van der Waals surface area contributed by atoms with Crippen LogP contribution < -0.4 is 0 Å². The molecule has 0 aromatic carbocycles. The SMILES string of the molecule is CC1CCCC(CCC2CCCC(C)C2C)C1C. The lowest BCUT2D eigenvalue weighted by atomic mass is 9.68. The lowest BCUT2D eigenvalue weighted by Crippen LogP contribution is -2.27. The van der Waals surface area contributed by atoms with E-state index in [4.69, 9.17) is 0 Å². The van der Waals surface area contributed by atoms with Gasteiger partial charge in [-0.2, -0.15) is 0 Å². The minimum absolute atomic E-state index is 0.978. The van der Waals surface area contributed by atoms with Gasteiger partial charge < -0.3 is 0 Å². The van der Waals surface area contributed by atoms with E-state index in [-0.39, 0.29) is 0 Å². The molecule has 0 saturated heterocycles. The average Bonchev–Trinajstić information content (AvgIpc) is 2.36. The van der Waals surface area contributed by atoms with Crippen molar-refractivity contribution in [2.45, 2.75) is 79.1 Å². The second-order valence-electron chi connectivity index (χ2n) is 7.63. The summed E-state index contributed by atoms with van der Waals surface area (Å²) >= 11 is 0. The van der Waals surface area contributed by atoms with E-state index < -0.39 is 0 Å². The molecule has 0 heteroatoms. The smallest absolute Gasteiger partial charge is 0.0386 e. The third kappa shape index (κ3) is 3.31. The van der Waals surface area contributed by atoms with Crippen LogP contribution in [0, 0.1) is 35.5 Å². The summed E-state index contributed by atoms with van der Waals surface area (Å²) in [6, 6.07) is 0. The molecule has 0 spiro atoms. The Morgan fingerprint density at radius 1 is 0.611 bits per heavy atom. The van der Waals surface area contributed by atoms with E-state index >= 15 is 0 Å². The molecule has 6 unspecified atom stereocenters. The summed E-state index contributed by atoms with van der Waals surface area (Å²) < 4.78 is 0. The molecular formula is C18H34. The number of hydrogen-bond donors (Lipinski definition) is 0. The molecule has 2 saturated carbocycles. The highest BCUT2D eigenvalue weighted by Gasteiger charge is 2.30. The summed E-state index contributed by atoms with van der Waals surface area (Å²) in [5, 5.41) is 0. The lowest BCUT2D eigenvalue weighted by molar-refractivity contribution is 0.129. The van der Waals surface area contributed by atoms with E-state index in [1.807, 2.05) is 0 Å². The molecule has 0 aromatic rings. The number of hydrogen-bond acceptors (Lipinski definition) is 0. The van der Waals surface area contributed by atoms with Gasteiger partial charge >= 0.3 is 0 Å². The zero-order chi connectivity index (χ0) is 13.1. The van der Waals surface area contributed by atoms with Crippen LogP contribution in [0.1, 0.15) is 79.1 Å². The minimum Gasteiger partial charge on any atom is -0.0622 e. The molecule has 0 aliphatic heterocycles. The van der Waals surface area contributed by atoms with Crippen molar-refractivity contribution in [2.24, 2.45) is 35.5 Å². The summed E-state index contributed by atoms with van der Waals surface area (Å²) in [7, 11) is 0. The normalized spacial score (nSPS) is 46.0. The van der Waals surface area contributed by atoms with Crippen LogP contribution in [0.5, 0.6) is 0 Å². The Bertz CT molecular complexity index is 218. The van der Waals surface area contributed by atoms with Gasteiger partial charge in [0.15, 0.2) is 0 Å². The van der Waals surface area contributed by atoms with Crippen LogP contribution >= 0.6 is 0 Å². The van der Waals surface area contributed by atoms with Crippen molar-refractivity contribution in [1.29, 1.82) is 0 Å². The highest BCUT2D eigenvalue weighted by Crippen LogP contribution is 2.41. The predicted octanol–water partition coefficient (Wildman–Crippen LogP) is 5.91. The van der Waals surface area contributed by atoms with Crippen molar-refractivity contribution >= 4 is 0 Å². The van der Waals surface area contributed by atoms with E-state index in [1.165, 1.54) is 51.4 Å². The van der Waals surface area contributed by atoms with Crippen molar-refractivity contribution in [3.05, 3.63) is 0 Å². The first-order valence-corrected chi connectivity index (χ1v) is 8.59. The molecule has 18 heavy (non-hydrogen) atoms. The zero-order valence-corrected chi connectivity index (χ0v) is 13.1. The Kier molecular flexibility index (Phi) is 5.15. The second-order valence-corrected chi connectivity index (χ2v) is 7.63. The summed E-state index contributed by atoms with van der Waals surface area (Å²) in [5.74, 6) is 6.00. The van der Waals surface area contributed by atoms with Crippen molar-refractivity contribution in [3.8, 4) is 0 Å². The molecule has 2 rings (SSSR count). The van der Waals surface area contributed by atoms with Gasteiger partial charge in [-0.3, -0.25) is 0 Å². The van der Waals surface area contributed by atoms with Gasteiger partial charge in [0.05, 0.1) is 0 Å². The van der Waals surface area contributed by atoms with Crippen LogP contribution in [0.2, 0.25) is 0 Å². The van der Waals surface area contributed by atoms with Gasteiger partial charge in [-0.15, -0.1) is 0 Å². The van der Waals surface area contributed by atoms with E-state index in [2.05, 4.69) is 27.7 Å². The lowest BCUT2D eigenvalue weighted by Gasteiger charge is -2.38. The molecule has 0 amide bonds. The molecule has 0 aromatic heterocycles. The Balaban J connectivity index is 1.80. The molecule has 6 atom stereocenters. The van der Waals surface area contributed by atoms with E-state index in [9.17, 15) is 0 Å². The molecule has 106 valence electrons. The highest BCUT2D eigenvalue weighted by atomic mass is 14.4. The number of rotatable bonds is 3. The van der Waals surface area contributed by atoms with Gasteiger partial charge in [-0.25, -0.2) is 0 Å². The summed E-state index contributed by atoms with van der Waals surface area (Å²) in [5.41, 5.74) is 0. The second kappa shape index (κ2) is 6.44. The fourth-order valence-corrected chi connectivity index (χ4v) is 4.63. The molecule has 2 aliphatic rings. The molecule has 0 bridgehead atoms. The van der Waals surface area contributed by atoms with Crippen molar-refractivity contribution in [3.63, 3.8) is 0 Å². The van der Waals surface area contributed by atoms with E-state index in [0.717, 1.165) is 35.5 Å². The van der Waals surface area contributed by atoms with Crippen LogP contribution in [0.25, 0.3) is 0 Å². The molecule has 2 aliphatic carbocycles. The Morgan fingerprint density at radius 2 is 1.00 bits per heavy atom. The van der Waals surface area contributed by atoms with Crippen molar-refractivity contribution in [1.82, 2.24) is 0 Å². The first-order chi connectivity index (χ1) is 8.59. The van der Waals surface area contributed by atoms with Gasteiger partial charge in [0.1, 0.15) is 0 Å². The predicted molar refractivity (Wildman–Crippen MR) is 80.6 cm³/mol. The van der Waals surface area contributed by atoms with Gasteiger partial charge in [0.25, 0.3) is 0 Å². The maximum absolute atomic E-state index is 2.52. The first kappa shape index (κ1) is 14.4. The van der Waals surface area contributed by atoms with Gasteiger partial charge in [-0.05, 0) is 48.3 Å². The Labute approximate surface area is 115 Å². The largest absolute Gasteiger partial charge is 0.0622 e.